The van der Waals surface area contributed by atoms with E-state index in [0.717, 1.165) is 24.2 Å². The SMILES string of the molecule is COc1cncc(C(N)CCc2ccccc2C)c1. The quantitative estimate of drug-likeness (QED) is 0.894. The van der Waals surface area contributed by atoms with Gasteiger partial charge in [0.2, 0.25) is 0 Å². The number of ether oxygens (including phenoxy) is 1. The van der Waals surface area contributed by atoms with Crippen molar-refractivity contribution in [2.45, 2.75) is 25.8 Å². The molecule has 3 nitrogen and oxygen atoms in total. The maximum Gasteiger partial charge on any atom is 0.137 e. The molecule has 0 radical (unpaired) electrons. The van der Waals surface area contributed by atoms with E-state index in [1.165, 1.54) is 11.1 Å². The number of hydrogen-bond acceptors (Lipinski definition) is 3. The Morgan fingerprint density at radius 2 is 2.05 bits per heavy atom. The molecule has 1 atom stereocenters. The predicted molar refractivity (Wildman–Crippen MR) is 77.2 cm³/mol. The number of aromatic nitrogens is 1. The van der Waals surface area contributed by atoms with Crippen molar-refractivity contribution in [1.82, 2.24) is 4.98 Å². The van der Waals surface area contributed by atoms with Gasteiger partial charge in [-0.05, 0) is 42.5 Å². The lowest BCUT2D eigenvalue weighted by Gasteiger charge is -2.13. The fourth-order valence-electron chi connectivity index (χ4n) is 2.12. The van der Waals surface area contributed by atoms with E-state index in [9.17, 15) is 0 Å². The number of nitrogens with zero attached hydrogens (tertiary/aromatic N) is 1. The van der Waals surface area contributed by atoms with Gasteiger partial charge >= 0.3 is 0 Å². The summed E-state index contributed by atoms with van der Waals surface area (Å²) in [5.41, 5.74) is 9.92. The van der Waals surface area contributed by atoms with Gasteiger partial charge in [0.05, 0.1) is 13.3 Å². The van der Waals surface area contributed by atoms with Crippen LogP contribution in [0.4, 0.5) is 0 Å². The van der Waals surface area contributed by atoms with E-state index in [1.54, 1.807) is 13.3 Å². The van der Waals surface area contributed by atoms with Gasteiger partial charge in [0, 0.05) is 12.2 Å². The second-order valence-electron chi connectivity index (χ2n) is 4.73. The Labute approximate surface area is 114 Å². The third-order valence-electron chi connectivity index (χ3n) is 3.38. The van der Waals surface area contributed by atoms with Gasteiger partial charge in [-0.25, -0.2) is 0 Å². The van der Waals surface area contributed by atoms with Crippen molar-refractivity contribution in [1.29, 1.82) is 0 Å². The van der Waals surface area contributed by atoms with Gasteiger partial charge in [0.1, 0.15) is 5.75 Å². The number of nitrogens with two attached hydrogens (primary N) is 1. The molecule has 0 bridgehead atoms. The molecule has 19 heavy (non-hydrogen) atoms. The van der Waals surface area contributed by atoms with Crippen molar-refractivity contribution >= 4 is 0 Å². The molecule has 3 heteroatoms. The highest BCUT2D eigenvalue weighted by Gasteiger charge is 2.08. The minimum Gasteiger partial charge on any atom is -0.495 e. The molecule has 0 aliphatic heterocycles. The Kier molecular flexibility index (Phi) is 4.53. The van der Waals surface area contributed by atoms with Crippen LogP contribution in [0.25, 0.3) is 0 Å². The molecule has 2 aromatic rings. The van der Waals surface area contributed by atoms with Crippen LogP contribution in [-0.4, -0.2) is 12.1 Å². The summed E-state index contributed by atoms with van der Waals surface area (Å²) < 4.78 is 5.17. The van der Waals surface area contributed by atoms with E-state index in [-0.39, 0.29) is 6.04 Å². The van der Waals surface area contributed by atoms with Gasteiger partial charge in [0.15, 0.2) is 0 Å². The van der Waals surface area contributed by atoms with Crippen LogP contribution < -0.4 is 10.5 Å². The zero-order valence-electron chi connectivity index (χ0n) is 11.5. The summed E-state index contributed by atoms with van der Waals surface area (Å²) in [6.45, 7) is 2.13. The maximum absolute atomic E-state index is 6.22. The van der Waals surface area contributed by atoms with Gasteiger partial charge in [-0.2, -0.15) is 0 Å². The standard InChI is InChI=1S/C16H20N2O/c1-12-5-3-4-6-13(12)7-8-16(17)14-9-15(19-2)11-18-10-14/h3-6,9-11,16H,7-8,17H2,1-2H3. The van der Waals surface area contributed by atoms with Gasteiger partial charge in [-0.3, -0.25) is 4.98 Å². The average Bonchev–Trinajstić information content (AvgIpc) is 2.46. The molecular weight excluding hydrogens is 236 g/mol. The normalized spacial score (nSPS) is 12.2. The fraction of sp³-hybridized carbons (Fsp3) is 0.312. The predicted octanol–water partition coefficient (Wildman–Crippen LogP) is 3.03. The summed E-state index contributed by atoms with van der Waals surface area (Å²) in [5, 5.41) is 0. The molecule has 100 valence electrons. The third kappa shape index (κ3) is 3.55. The Morgan fingerprint density at radius 3 is 2.79 bits per heavy atom. The van der Waals surface area contributed by atoms with Crippen LogP contribution in [0.5, 0.6) is 5.75 Å². The first kappa shape index (κ1) is 13.6. The monoisotopic (exact) mass is 256 g/mol. The van der Waals surface area contributed by atoms with Crippen LogP contribution >= 0.6 is 0 Å². The second kappa shape index (κ2) is 6.34. The molecule has 1 heterocycles. The lowest BCUT2D eigenvalue weighted by atomic mass is 9.98. The van der Waals surface area contributed by atoms with E-state index in [1.807, 2.05) is 12.3 Å². The van der Waals surface area contributed by atoms with E-state index in [4.69, 9.17) is 10.5 Å². The van der Waals surface area contributed by atoms with Crippen molar-refractivity contribution in [2.75, 3.05) is 7.11 Å². The van der Waals surface area contributed by atoms with Crippen molar-refractivity contribution in [2.24, 2.45) is 5.73 Å². The van der Waals surface area contributed by atoms with Crippen molar-refractivity contribution in [3.8, 4) is 5.75 Å². The van der Waals surface area contributed by atoms with E-state index >= 15 is 0 Å². The van der Waals surface area contributed by atoms with E-state index in [0.29, 0.717) is 0 Å². The molecule has 0 saturated heterocycles. The largest absolute Gasteiger partial charge is 0.495 e. The Hall–Kier alpha value is -1.87. The van der Waals surface area contributed by atoms with Gasteiger partial charge in [-0.1, -0.05) is 24.3 Å². The van der Waals surface area contributed by atoms with Crippen molar-refractivity contribution < 1.29 is 4.74 Å². The summed E-state index contributed by atoms with van der Waals surface area (Å²) in [5.74, 6) is 0.754. The molecule has 0 saturated carbocycles. The van der Waals surface area contributed by atoms with Crippen LogP contribution in [0.3, 0.4) is 0 Å². The minimum atomic E-state index is -0.0118. The summed E-state index contributed by atoms with van der Waals surface area (Å²) in [6, 6.07) is 10.4. The van der Waals surface area contributed by atoms with Crippen LogP contribution in [0.2, 0.25) is 0 Å². The second-order valence-corrected chi connectivity index (χ2v) is 4.73. The summed E-state index contributed by atoms with van der Waals surface area (Å²) in [6.07, 6.45) is 5.38. The van der Waals surface area contributed by atoms with Gasteiger partial charge in [-0.15, -0.1) is 0 Å². The molecule has 0 spiro atoms. The molecule has 0 aliphatic rings. The summed E-state index contributed by atoms with van der Waals surface area (Å²) >= 11 is 0. The highest BCUT2D eigenvalue weighted by atomic mass is 16.5. The number of benzene rings is 1. The average molecular weight is 256 g/mol. The molecule has 0 amide bonds. The molecule has 2 N–H and O–H groups in total. The molecule has 1 aromatic carbocycles. The highest BCUT2D eigenvalue weighted by molar-refractivity contribution is 5.28. The van der Waals surface area contributed by atoms with Gasteiger partial charge < -0.3 is 10.5 Å². The molecule has 0 aliphatic carbocycles. The number of pyridine rings is 1. The lowest BCUT2D eigenvalue weighted by Crippen LogP contribution is -2.12. The Balaban J connectivity index is 2.01. The number of aryl methyl sites for hydroxylation is 2. The molecule has 0 fully saturated rings. The molecule has 1 unspecified atom stereocenters. The van der Waals surface area contributed by atoms with Gasteiger partial charge in [0.25, 0.3) is 0 Å². The minimum absolute atomic E-state index is 0.0118. The number of methoxy groups -OCH3 is 1. The summed E-state index contributed by atoms with van der Waals surface area (Å²) in [7, 11) is 1.64. The first-order chi connectivity index (χ1) is 9.20. The summed E-state index contributed by atoms with van der Waals surface area (Å²) in [4.78, 5) is 4.14. The number of rotatable bonds is 5. The van der Waals surface area contributed by atoms with Crippen LogP contribution in [-0.2, 0) is 6.42 Å². The molecule has 1 aromatic heterocycles. The van der Waals surface area contributed by atoms with Crippen LogP contribution in [0.15, 0.2) is 42.7 Å². The lowest BCUT2D eigenvalue weighted by molar-refractivity contribution is 0.411. The van der Waals surface area contributed by atoms with Crippen LogP contribution in [0, 0.1) is 6.92 Å². The number of hydrogen-bond donors (Lipinski definition) is 1. The van der Waals surface area contributed by atoms with E-state index < -0.39 is 0 Å². The van der Waals surface area contributed by atoms with Crippen molar-refractivity contribution in [3.63, 3.8) is 0 Å². The van der Waals surface area contributed by atoms with Crippen LogP contribution in [0.1, 0.15) is 29.2 Å². The zero-order valence-corrected chi connectivity index (χ0v) is 11.5. The Bertz CT molecular complexity index is 540. The third-order valence-corrected chi connectivity index (χ3v) is 3.38. The zero-order chi connectivity index (χ0) is 13.7. The topological polar surface area (TPSA) is 48.1 Å². The highest BCUT2D eigenvalue weighted by Crippen LogP contribution is 2.20. The first-order valence-corrected chi connectivity index (χ1v) is 6.49. The maximum atomic E-state index is 6.22. The van der Waals surface area contributed by atoms with E-state index in [2.05, 4.69) is 36.2 Å². The Morgan fingerprint density at radius 1 is 1.26 bits per heavy atom. The molecular formula is C16H20N2O. The fourth-order valence-corrected chi connectivity index (χ4v) is 2.12. The smallest absolute Gasteiger partial charge is 0.137 e. The first-order valence-electron chi connectivity index (χ1n) is 6.49. The van der Waals surface area contributed by atoms with Crippen molar-refractivity contribution in [3.05, 3.63) is 59.4 Å². The molecule has 2 rings (SSSR count).